The maximum Gasteiger partial charge on any atom is 0.152 e. The van der Waals surface area contributed by atoms with Crippen molar-refractivity contribution in [3.8, 4) is 23.5 Å². The normalized spacial score (nSPS) is 9.71. The fourth-order valence-electron chi connectivity index (χ4n) is 1.00. The molecule has 0 N–H and O–H groups in total. The van der Waals surface area contributed by atoms with E-state index in [1.807, 2.05) is 6.40 Å². The van der Waals surface area contributed by atoms with Gasteiger partial charge in [-0.15, -0.1) is 6.40 Å². The fourth-order valence-corrected chi connectivity index (χ4v) is 1.18. The number of hydrogen-bond donors (Lipinski definition) is 0. The molecule has 0 saturated carbocycles. The van der Waals surface area contributed by atoms with Gasteiger partial charge in [-0.2, -0.15) is 0 Å². The Hall–Kier alpha value is -1.64. The van der Waals surface area contributed by atoms with Crippen LogP contribution in [0.2, 0.25) is 0 Å². The molecule has 14 heavy (non-hydrogen) atoms. The molecular weight excluding hydrogens is 192 g/mol. The SMILES string of the molecule is [3H]C#Cc1cccc(C#CSC[3H])c1C=O. The minimum Gasteiger partial charge on any atom is -0.298 e. The lowest BCUT2D eigenvalue weighted by Gasteiger charge is -1.98. The van der Waals surface area contributed by atoms with Crippen LogP contribution >= 0.6 is 11.8 Å². The summed E-state index contributed by atoms with van der Waals surface area (Å²) < 4.78 is 13.7. The highest BCUT2D eigenvalue weighted by Gasteiger charge is 2.02. The Morgan fingerprint density at radius 2 is 2.50 bits per heavy atom. The molecule has 68 valence electrons. The third-order valence-electron chi connectivity index (χ3n) is 1.62. The van der Waals surface area contributed by atoms with Crippen molar-refractivity contribution in [2.75, 3.05) is 6.23 Å². The number of hydrogen-bond acceptors (Lipinski definition) is 2. The minimum absolute atomic E-state index is 0.162. The molecule has 1 aromatic carbocycles. The summed E-state index contributed by atoms with van der Waals surface area (Å²) >= 11 is 1.16. The van der Waals surface area contributed by atoms with E-state index in [1.54, 1.807) is 18.2 Å². The fraction of sp³-hybridized carbons (Fsp3) is 0.0833. The Bertz CT molecular complexity index is 503. The van der Waals surface area contributed by atoms with Crippen LogP contribution in [-0.2, 0) is 0 Å². The zero-order valence-corrected chi connectivity index (χ0v) is 8.15. The average molecular weight is 204 g/mol. The molecule has 0 aliphatic heterocycles. The molecule has 0 aromatic heterocycles. The van der Waals surface area contributed by atoms with Gasteiger partial charge >= 0.3 is 0 Å². The van der Waals surface area contributed by atoms with Crippen LogP contribution in [0, 0.1) is 23.5 Å². The molecule has 0 amide bonds. The molecule has 1 nitrogen and oxygen atoms in total. The summed E-state index contributed by atoms with van der Waals surface area (Å²) in [6, 6.07) is 5.13. The molecule has 1 aromatic rings. The maximum absolute atomic E-state index is 10.9. The van der Waals surface area contributed by atoms with Crippen molar-refractivity contribution in [2.45, 2.75) is 0 Å². The first-order valence-electron chi connectivity index (χ1n) is 4.97. The van der Waals surface area contributed by atoms with Crippen molar-refractivity contribution in [3.05, 3.63) is 34.9 Å². The molecule has 0 bridgehead atoms. The van der Waals surface area contributed by atoms with Gasteiger partial charge in [0.2, 0.25) is 0 Å². The molecule has 0 aliphatic carbocycles. The number of benzene rings is 1. The van der Waals surface area contributed by atoms with E-state index < -0.39 is 0 Å². The molecule has 2 heteroatoms. The van der Waals surface area contributed by atoms with Gasteiger partial charge in [0.1, 0.15) is 1.37 Å². The molecule has 0 aliphatic rings. The highest BCUT2D eigenvalue weighted by atomic mass is 32.2. The lowest BCUT2D eigenvalue weighted by atomic mass is 10.0. The molecule has 0 atom stereocenters. The second kappa shape index (κ2) is 5.17. The van der Waals surface area contributed by atoms with Gasteiger partial charge in [-0.25, -0.2) is 0 Å². The Morgan fingerprint density at radius 1 is 1.64 bits per heavy atom. The van der Waals surface area contributed by atoms with Crippen molar-refractivity contribution in [1.82, 2.24) is 0 Å². The second-order valence-corrected chi connectivity index (χ2v) is 2.87. The highest BCUT2D eigenvalue weighted by molar-refractivity contribution is 8.03. The Kier molecular flexibility index (Phi) is 2.86. The van der Waals surface area contributed by atoms with Crippen LogP contribution in [0.3, 0.4) is 0 Å². The van der Waals surface area contributed by atoms with Crippen molar-refractivity contribution >= 4 is 18.0 Å². The molecular formula is C12H8OS. The van der Waals surface area contributed by atoms with Gasteiger partial charge in [0.05, 0.1) is 0 Å². The quantitative estimate of drug-likeness (QED) is 0.515. The standard InChI is InChI=1S/C12H8OS/c1-3-10-5-4-6-11(7-8-14-2)12(10)9-13/h1,4-6,9H,2H3/i1T,2T. The minimum atomic E-state index is 0.162. The first-order valence-corrected chi connectivity index (χ1v) is 4.75. The summed E-state index contributed by atoms with van der Waals surface area (Å²) in [6.45, 7) is 0. The summed E-state index contributed by atoms with van der Waals surface area (Å²) in [4.78, 5) is 10.9. The number of terminal acetylenes is 1. The summed E-state index contributed by atoms with van der Waals surface area (Å²) in [5.41, 5.74) is 1.49. The summed E-state index contributed by atoms with van der Waals surface area (Å²) in [6.07, 6.45) is 2.86. The molecule has 0 saturated heterocycles. The van der Waals surface area contributed by atoms with Gasteiger partial charge < -0.3 is 0 Å². The predicted molar refractivity (Wildman–Crippen MR) is 60.2 cm³/mol. The van der Waals surface area contributed by atoms with E-state index in [1.165, 1.54) is 0 Å². The molecule has 0 radical (unpaired) electrons. The zero-order chi connectivity index (χ0) is 11.8. The van der Waals surface area contributed by atoms with Gasteiger partial charge in [0.15, 0.2) is 6.29 Å². The van der Waals surface area contributed by atoms with E-state index in [0.29, 0.717) is 23.0 Å². The Morgan fingerprint density at radius 3 is 3.21 bits per heavy atom. The van der Waals surface area contributed by atoms with Crippen LogP contribution < -0.4 is 0 Å². The van der Waals surface area contributed by atoms with Crippen molar-refractivity contribution < 1.29 is 7.54 Å². The smallest absolute Gasteiger partial charge is 0.152 e. The zero-order valence-electron chi connectivity index (χ0n) is 9.33. The topological polar surface area (TPSA) is 17.1 Å². The molecule has 0 unspecified atom stereocenters. The molecule has 0 spiro atoms. The maximum atomic E-state index is 10.9. The van der Waals surface area contributed by atoms with E-state index in [4.69, 9.17) is 2.74 Å². The van der Waals surface area contributed by atoms with E-state index >= 15 is 0 Å². The first-order chi connectivity index (χ1) is 7.83. The number of aldehydes is 1. The van der Waals surface area contributed by atoms with E-state index in [9.17, 15) is 4.79 Å². The lowest BCUT2D eigenvalue weighted by molar-refractivity contribution is 0.112. The van der Waals surface area contributed by atoms with Crippen LogP contribution in [0.1, 0.15) is 24.2 Å². The van der Waals surface area contributed by atoms with Gasteiger partial charge in [-0.05, 0) is 23.6 Å². The van der Waals surface area contributed by atoms with E-state index in [0.717, 1.165) is 11.8 Å². The molecule has 1 rings (SSSR count). The lowest BCUT2D eigenvalue weighted by Crippen LogP contribution is -1.91. The highest BCUT2D eigenvalue weighted by Crippen LogP contribution is 2.11. The van der Waals surface area contributed by atoms with Crippen molar-refractivity contribution in [3.63, 3.8) is 0 Å². The number of carbonyl (C=O) groups excluding carboxylic acids is 1. The monoisotopic (exact) mass is 204 g/mol. The Balaban J connectivity index is 3.18. The van der Waals surface area contributed by atoms with Crippen LogP contribution in [0.25, 0.3) is 0 Å². The molecule has 0 fully saturated rings. The van der Waals surface area contributed by atoms with Crippen molar-refractivity contribution in [2.24, 2.45) is 0 Å². The molecule has 0 heterocycles. The predicted octanol–water partition coefficient (Wildman–Crippen LogP) is 2.15. The van der Waals surface area contributed by atoms with E-state index in [-0.39, 0.29) is 6.23 Å². The number of rotatable bonds is 1. The summed E-state index contributed by atoms with van der Waals surface area (Å²) in [5, 5.41) is 2.72. The third-order valence-corrected chi connectivity index (χ3v) is 1.86. The van der Waals surface area contributed by atoms with Gasteiger partial charge in [0.25, 0.3) is 0 Å². The second-order valence-electron chi connectivity index (χ2n) is 2.38. The van der Waals surface area contributed by atoms with Crippen molar-refractivity contribution in [1.29, 1.82) is 0 Å². The van der Waals surface area contributed by atoms with Crippen LogP contribution in [0.15, 0.2) is 18.2 Å². The third kappa shape index (κ3) is 2.19. The van der Waals surface area contributed by atoms with Gasteiger partial charge in [-0.1, -0.05) is 29.7 Å². The Labute approximate surface area is 90.7 Å². The van der Waals surface area contributed by atoms with Crippen LogP contribution in [-0.4, -0.2) is 12.5 Å². The first kappa shape index (κ1) is 7.74. The summed E-state index contributed by atoms with van der Waals surface area (Å²) in [5.74, 6) is 5.33. The van der Waals surface area contributed by atoms with Gasteiger partial charge in [-0.3, -0.25) is 4.79 Å². The summed E-state index contributed by atoms with van der Waals surface area (Å²) in [7, 11) is 0. The van der Waals surface area contributed by atoms with Crippen LogP contribution in [0.4, 0.5) is 0 Å². The van der Waals surface area contributed by atoms with Gasteiger partial charge in [0, 0.05) is 18.1 Å². The van der Waals surface area contributed by atoms with E-state index in [2.05, 4.69) is 17.1 Å². The largest absolute Gasteiger partial charge is 0.298 e. The average Bonchev–Trinajstić information content (AvgIpc) is 2.30. The number of carbonyl (C=O) groups is 1. The number of thioether (sulfide) groups is 1. The van der Waals surface area contributed by atoms with Crippen LogP contribution in [0.5, 0.6) is 0 Å².